The van der Waals surface area contributed by atoms with Gasteiger partial charge in [-0.25, -0.2) is 8.42 Å². The lowest BCUT2D eigenvalue weighted by Crippen LogP contribution is -2.41. The molecule has 0 bridgehead atoms. The molecule has 0 aromatic carbocycles. The highest BCUT2D eigenvalue weighted by Gasteiger charge is 2.36. The predicted octanol–water partition coefficient (Wildman–Crippen LogP) is 0.938. The second-order valence-corrected chi connectivity index (χ2v) is 7.42. The average Bonchev–Trinajstić information content (AvgIpc) is 2.36. The Morgan fingerprint density at radius 2 is 2.19 bits per heavy atom. The third kappa shape index (κ3) is 4.43. The highest BCUT2D eigenvalue weighted by atomic mass is 35.5. The molecule has 4 nitrogen and oxygen atoms in total. The molecular weight excluding hydrogens is 270 g/mol. The van der Waals surface area contributed by atoms with Crippen LogP contribution < -0.4 is 5.32 Å². The van der Waals surface area contributed by atoms with Gasteiger partial charge in [0, 0.05) is 0 Å². The van der Waals surface area contributed by atoms with Gasteiger partial charge in [-0.2, -0.15) is 0 Å². The Hall–Kier alpha value is -0.0700. The fourth-order valence-electron chi connectivity index (χ4n) is 1.37. The minimum Gasteiger partial charge on any atom is -0.471 e. The molecule has 0 radical (unpaired) electrons. The van der Waals surface area contributed by atoms with Gasteiger partial charge < -0.3 is 10.1 Å². The van der Waals surface area contributed by atoms with Crippen molar-refractivity contribution in [2.45, 2.75) is 25.3 Å². The molecule has 0 aromatic heterocycles. The first-order valence-corrected chi connectivity index (χ1v) is 7.74. The molecule has 1 rings (SSSR count). The summed E-state index contributed by atoms with van der Waals surface area (Å²) in [6, 6.07) is -0.341. The van der Waals surface area contributed by atoms with Crippen LogP contribution >= 0.6 is 23.8 Å². The molecule has 0 unspecified atom stereocenters. The van der Waals surface area contributed by atoms with E-state index in [0.717, 1.165) is 0 Å². The Morgan fingerprint density at radius 1 is 1.56 bits per heavy atom. The molecule has 0 aliphatic carbocycles. The van der Waals surface area contributed by atoms with Crippen LogP contribution in [-0.4, -0.2) is 43.1 Å². The summed E-state index contributed by atoms with van der Waals surface area (Å²) in [5.41, 5.74) is 0. The summed E-state index contributed by atoms with van der Waals surface area (Å²) in [5, 5.41) is 2.62. The summed E-state index contributed by atoms with van der Waals surface area (Å²) in [7, 11) is -3.03. The topological polar surface area (TPSA) is 55.4 Å². The summed E-state index contributed by atoms with van der Waals surface area (Å²) in [6.45, 7) is 4.53. The Kier molecular flexibility index (Phi) is 4.82. The van der Waals surface area contributed by atoms with Gasteiger partial charge in [0.05, 0.1) is 29.5 Å². The molecule has 94 valence electrons. The number of halogens is 1. The highest BCUT2D eigenvalue weighted by Crippen LogP contribution is 2.18. The second kappa shape index (κ2) is 5.51. The van der Waals surface area contributed by atoms with Crippen LogP contribution in [0.15, 0.2) is 0 Å². The van der Waals surface area contributed by atoms with Crippen LogP contribution in [0.3, 0.4) is 0 Å². The van der Waals surface area contributed by atoms with E-state index in [1.165, 1.54) is 0 Å². The molecular formula is C9H16ClNO3S2. The minimum atomic E-state index is -3.03. The standard InChI is InChI=1S/C9H16ClNO3S2/c1-6(2)3-14-9(15)11-8-5-16(12,13)4-7(8)10/h6-8H,3-5H2,1-2H3,(H,11,15)/t7-,8-/m1/s1. The highest BCUT2D eigenvalue weighted by molar-refractivity contribution is 7.91. The van der Waals surface area contributed by atoms with Crippen molar-refractivity contribution in [2.24, 2.45) is 5.92 Å². The van der Waals surface area contributed by atoms with Crippen LogP contribution in [0, 0.1) is 5.92 Å². The SMILES string of the molecule is CC(C)COC(=S)N[C@@H]1CS(=O)(=O)C[C@H]1Cl. The van der Waals surface area contributed by atoms with Crippen molar-refractivity contribution < 1.29 is 13.2 Å². The first-order valence-electron chi connectivity index (χ1n) is 5.08. The van der Waals surface area contributed by atoms with Gasteiger partial charge in [0.2, 0.25) is 0 Å². The first kappa shape index (κ1) is 14.0. The van der Waals surface area contributed by atoms with E-state index in [4.69, 9.17) is 28.6 Å². The quantitative estimate of drug-likeness (QED) is 0.618. The number of ether oxygens (including phenoxy) is 1. The summed E-state index contributed by atoms with van der Waals surface area (Å²) >= 11 is 10.9. The van der Waals surface area contributed by atoms with Crippen molar-refractivity contribution in [3.8, 4) is 0 Å². The van der Waals surface area contributed by atoms with Crippen molar-refractivity contribution in [2.75, 3.05) is 18.1 Å². The van der Waals surface area contributed by atoms with Crippen LogP contribution in [0.25, 0.3) is 0 Å². The van der Waals surface area contributed by atoms with Crippen molar-refractivity contribution >= 4 is 38.8 Å². The molecule has 0 aromatic rings. The maximum absolute atomic E-state index is 11.3. The molecule has 1 aliphatic heterocycles. The molecule has 1 aliphatic rings. The number of hydrogen-bond acceptors (Lipinski definition) is 4. The Bertz CT molecular complexity index is 356. The number of alkyl halides is 1. The summed E-state index contributed by atoms with van der Waals surface area (Å²) in [5.74, 6) is 0.393. The third-order valence-corrected chi connectivity index (χ3v) is 4.75. The van der Waals surface area contributed by atoms with Crippen molar-refractivity contribution in [3.05, 3.63) is 0 Å². The lowest BCUT2D eigenvalue weighted by atomic mass is 10.2. The van der Waals surface area contributed by atoms with Gasteiger partial charge in [-0.05, 0) is 18.1 Å². The predicted molar refractivity (Wildman–Crippen MR) is 68.6 cm³/mol. The molecule has 0 amide bonds. The van der Waals surface area contributed by atoms with Crippen molar-refractivity contribution in [3.63, 3.8) is 0 Å². The van der Waals surface area contributed by atoms with Gasteiger partial charge in [0.25, 0.3) is 5.17 Å². The van der Waals surface area contributed by atoms with E-state index in [2.05, 4.69) is 5.32 Å². The Balaban J connectivity index is 2.40. The maximum atomic E-state index is 11.3. The van der Waals surface area contributed by atoms with E-state index in [9.17, 15) is 8.42 Å². The van der Waals surface area contributed by atoms with Gasteiger partial charge >= 0.3 is 0 Å². The maximum Gasteiger partial charge on any atom is 0.256 e. The van der Waals surface area contributed by atoms with Crippen LogP contribution in [0.4, 0.5) is 0 Å². The molecule has 1 saturated heterocycles. The molecule has 2 atom stereocenters. The fourth-order valence-corrected chi connectivity index (χ4v) is 4.14. The number of thiocarbonyl (C=S) groups is 1. The molecule has 0 saturated carbocycles. The van der Waals surface area contributed by atoms with Crippen LogP contribution in [0.5, 0.6) is 0 Å². The number of hydrogen-bond donors (Lipinski definition) is 1. The second-order valence-electron chi connectivity index (χ2n) is 4.34. The average molecular weight is 286 g/mol. The van der Waals surface area contributed by atoms with Crippen molar-refractivity contribution in [1.82, 2.24) is 5.32 Å². The van der Waals surface area contributed by atoms with E-state index in [0.29, 0.717) is 12.5 Å². The lowest BCUT2D eigenvalue weighted by Gasteiger charge is -2.17. The lowest BCUT2D eigenvalue weighted by molar-refractivity contribution is 0.251. The number of rotatable bonds is 3. The van der Waals surface area contributed by atoms with Crippen LogP contribution in [-0.2, 0) is 14.6 Å². The smallest absolute Gasteiger partial charge is 0.256 e. The van der Waals surface area contributed by atoms with Crippen molar-refractivity contribution in [1.29, 1.82) is 0 Å². The van der Waals surface area contributed by atoms with Crippen LogP contribution in [0.1, 0.15) is 13.8 Å². The first-order chi connectivity index (χ1) is 7.30. The molecule has 16 heavy (non-hydrogen) atoms. The summed E-state index contributed by atoms with van der Waals surface area (Å²) in [4.78, 5) is 0. The molecule has 1 fully saturated rings. The molecule has 1 N–H and O–H groups in total. The minimum absolute atomic E-state index is 0.000976. The van der Waals surface area contributed by atoms with Gasteiger partial charge in [-0.15, -0.1) is 11.6 Å². The normalized spacial score (nSPS) is 28.0. The molecule has 0 spiro atoms. The largest absolute Gasteiger partial charge is 0.471 e. The number of nitrogens with one attached hydrogen (secondary N) is 1. The van der Waals surface area contributed by atoms with Gasteiger partial charge in [0.15, 0.2) is 9.84 Å². The van der Waals surface area contributed by atoms with E-state index < -0.39 is 15.2 Å². The third-order valence-electron chi connectivity index (χ3n) is 2.13. The van der Waals surface area contributed by atoms with Crippen LogP contribution in [0.2, 0.25) is 0 Å². The Labute approximate surface area is 107 Å². The van der Waals surface area contributed by atoms with Gasteiger partial charge in [-0.1, -0.05) is 13.8 Å². The Morgan fingerprint density at radius 3 is 2.62 bits per heavy atom. The fraction of sp³-hybridized carbons (Fsp3) is 0.889. The number of sulfone groups is 1. The monoisotopic (exact) mass is 285 g/mol. The summed E-state index contributed by atoms with van der Waals surface area (Å²) < 4.78 is 27.8. The zero-order valence-corrected chi connectivity index (χ0v) is 11.7. The van der Waals surface area contributed by atoms with Gasteiger partial charge in [0.1, 0.15) is 0 Å². The van der Waals surface area contributed by atoms with E-state index in [1.807, 2.05) is 13.8 Å². The summed E-state index contributed by atoms with van der Waals surface area (Å²) in [6.07, 6.45) is 0. The molecule has 1 heterocycles. The molecule has 7 heteroatoms. The van der Waals surface area contributed by atoms with Gasteiger partial charge in [-0.3, -0.25) is 0 Å². The zero-order chi connectivity index (χ0) is 12.3. The zero-order valence-electron chi connectivity index (χ0n) is 9.27. The van der Waals surface area contributed by atoms with E-state index in [-0.39, 0.29) is 22.7 Å². The van der Waals surface area contributed by atoms with E-state index in [1.54, 1.807) is 0 Å². The van der Waals surface area contributed by atoms with E-state index >= 15 is 0 Å².